The normalized spacial score (nSPS) is 14.6. The van der Waals surface area contributed by atoms with Crippen LogP contribution in [-0.4, -0.2) is 22.2 Å². The number of alkyl halides is 1. The Bertz CT molecular complexity index is 544. The molecule has 0 radical (unpaired) electrons. The van der Waals surface area contributed by atoms with Crippen molar-refractivity contribution in [3.63, 3.8) is 0 Å². The molecule has 4 N–H and O–H groups in total. The van der Waals surface area contributed by atoms with Gasteiger partial charge in [0, 0.05) is 17.0 Å². The Hall–Kier alpha value is -1.29. The highest BCUT2D eigenvalue weighted by Crippen LogP contribution is 2.30. The summed E-state index contributed by atoms with van der Waals surface area (Å²) in [5, 5.41) is 21.7. The van der Waals surface area contributed by atoms with E-state index in [4.69, 9.17) is 17.3 Å². The van der Waals surface area contributed by atoms with E-state index in [1.54, 1.807) is 12.1 Å². The molecule has 0 saturated heterocycles. The Balaban J connectivity index is 2.48. The van der Waals surface area contributed by atoms with Crippen LogP contribution in [0.5, 0.6) is 0 Å². The Morgan fingerprint density at radius 2 is 1.72 bits per heavy atom. The smallest absolute Gasteiger partial charge is 0.105 e. The molecule has 3 nitrogen and oxygen atoms in total. The van der Waals surface area contributed by atoms with Gasteiger partial charge in [0.05, 0.1) is 6.10 Å². The number of nitrogens with two attached hydrogens (primary N) is 1. The number of hydrogen-bond donors (Lipinski definition) is 3. The first-order valence-corrected chi connectivity index (χ1v) is 6.38. The van der Waals surface area contributed by atoms with Crippen LogP contribution in [0.2, 0.25) is 0 Å². The lowest BCUT2D eigenvalue weighted by atomic mass is 9.95. The zero-order valence-electron chi connectivity index (χ0n) is 9.88. The summed E-state index contributed by atoms with van der Waals surface area (Å²) in [5.74, 6) is 0.311. The molecule has 0 aromatic heterocycles. The third kappa shape index (κ3) is 2.43. The molecule has 2 rings (SSSR count). The number of fused-ring (bicyclic) bond motifs is 1. The second-order valence-corrected chi connectivity index (χ2v) is 4.66. The first kappa shape index (κ1) is 13.1. The van der Waals surface area contributed by atoms with Crippen molar-refractivity contribution in [1.82, 2.24) is 0 Å². The summed E-state index contributed by atoms with van der Waals surface area (Å²) >= 11 is 5.58. The van der Waals surface area contributed by atoms with E-state index in [-0.39, 0.29) is 0 Å². The van der Waals surface area contributed by atoms with Crippen molar-refractivity contribution in [2.45, 2.75) is 18.6 Å². The van der Waals surface area contributed by atoms with Crippen LogP contribution in [0.25, 0.3) is 10.8 Å². The molecule has 0 amide bonds. The highest BCUT2D eigenvalue weighted by Gasteiger charge is 2.20. The van der Waals surface area contributed by atoms with Crippen LogP contribution in [0.3, 0.4) is 0 Å². The van der Waals surface area contributed by atoms with E-state index in [2.05, 4.69) is 0 Å². The Morgan fingerprint density at radius 3 is 2.39 bits per heavy atom. The molecular weight excluding hydrogens is 250 g/mol. The number of anilines is 1. The van der Waals surface area contributed by atoms with Crippen LogP contribution in [0, 0.1) is 0 Å². The van der Waals surface area contributed by atoms with Gasteiger partial charge in [-0.1, -0.05) is 30.3 Å². The molecule has 2 aromatic rings. The van der Waals surface area contributed by atoms with Gasteiger partial charge in [-0.3, -0.25) is 0 Å². The number of aliphatic hydroxyl groups is 2. The lowest BCUT2D eigenvalue weighted by Gasteiger charge is -2.19. The standard InChI is InChI=1S/C14H16ClNO2/c15-8-7-13(17)14(18)11-5-6-12(16)10-4-2-1-3-9(10)11/h1-6,13-14,17-18H,7-8,16H2. The number of nitrogen functional groups attached to an aromatic ring is 1. The number of aliphatic hydroxyl groups excluding tert-OH is 2. The summed E-state index contributed by atoms with van der Waals surface area (Å²) in [5.41, 5.74) is 7.23. The molecule has 0 aliphatic carbocycles. The second-order valence-electron chi connectivity index (χ2n) is 4.28. The third-order valence-corrected chi connectivity index (χ3v) is 3.30. The summed E-state index contributed by atoms with van der Waals surface area (Å²) < 4.78 is 0. The van der Waals surface area contributed by atoms with Crippen LogP contribution < -0.4 is 5.73 Å². The van der Waals surface area contributed by atoms with Crippen molar-refractivity contribution >= 4 is 28.1 Å². The van der Waals surface area contributed by atoms with Crippen LogP contribution in [0.1, 0.15) is 18.1 Å². The number of hydrogen-bond acceptors (Lipinski definition) is 3. The molecule has 2 unspecified atom stereocenters. The Kier molecular flexibility index (Phi) is 4.07. The SMILES string of the molecule is Nc1ccc(C(O)C(O)CCCl)c2ccccc12. The monoisotopic (exact) mass is 265 g/mol. The second kappa shape index (κ2) is 5.57. The molecule has 96 valence electrons. The van der Waals surface area contributed by atoms with Gasteiger partial charge in [-0.15, -0.1) is 11.6 Å². The van der Waals surface area contributed by atoms with Crippen LogP contribution in [0.15, 0.2) is 36.4 Å². The predicted molar refractivity (Wildman–Crippen MR) is 74.7 cm³/mol. The van der Waals surface area contributed by atoms with Crippen molar-refractivity contribution in [1.29, 1.82) is 0 Å². The average molecular weight is 266 g/mol. The van der Waals surface area contributed by atoms with Gasteiger partial charge in [0.1, 0.15) is 6.10 Å². The molecule has 0 aliphatic rings. The maximum Gasteiger partial charge on any atom is 0.105 e. The number of benzene rings is 2. The van der Waals surface area contributed by atoms with Crippen LogP contribution in [-0.2, 0) is 0 Å². The van der Waals surface area contributed by atoms with E-state index in [0.717, 1.165) is 10.8 Å². The molecule has 0 saturated carbocycles. The Labute approximate surface area is 111 Å². The summed E-state index contributed by atoms with van der Waals surface area (Å²) in [7, 11) is 0. The summed E-state index contributed by atoms with van der Waals surface area (Å²) in [6.07, 6.45) is -1.47. The van der Waals surface area contributed by atoms with Gasteiger partial charge in [-0.2, -0.15) is 0 Å². The fourth-order valence-corrected chi connectivity index (χ4v) is 2.30. The van der Waals surface area contributed by atoms with E-state index in [0.29, 0.717) is 23.6 Å². The summed E-state index contributed by atoms with van der Waals surface area (Å²) in [6, 6.07) is 11.1. The van der Waals surface area contributed by atoms with Gasteiger partial charge in [0.25, 0.3) is 0 Å². The van der Waals surface area contributed by atoms with Crippen LogP contribution in [0.4, 0.5) is 5.69 Å². The molecule has 2 aromatic carbocycles. The highest BCUT2D eigenvalue weighted by molar-refractivity contribution is 6.17. The molecule has 2 atom stereocenters. The Morgan fingerprint density at radius 1 is 1.06 bits per heavy atom. The molecular formula is C14H16ClNO2. The zero-order valence-corrected chi connectivity index (χ0v) is 10.6. The maximum atomic E-state index is 10.2. The quantitative estimate of drug-likeness (QED) is 0.588. The number of halogens is 1. The highest BCUT2D eigenvalue weighted by atomic mass is 35.5. The molecule has 4 heteroatoms. The number of rotatable bonds is 4. The predicted octanol–water partition coefficient (Wildman–Crippen LogP) is 2.45. The van der Waals surface area contributed by atoms with Gasteiger partial charge >= 0.3 is 0 Å². The van der Waals surface area contributed by atoms with Crippen molar-refractivity contribution in [3.8, 4) is 0 Å². The minimum atomic E-state index is -0.950. The van der Waals surface area contributed by atoms with Crippen LogP contribution >= 0.6 is 11.6 Å². The molecule has 0 fully saturated rings. The lowest BCUT2D eigenvalue weighted by Crippen LogP contribution is -2.19. The first-order valence-electron chi connectivity index (χ1n) is 5.84. The van der Waals surface area contributed by atoms with Gasteiger partial charge in [-0.25, -0.2) is 0 Å². The molecule has 0 aliphatic heterocycles. The van der Waals surface area contributed by atoms with E-state index in [9.17, 15) is 10.2 Å². The molecule has 18 heavy (non-hydrogen) atoms. The fourth-order valence-electron chi connectivity index (χ4n) is 2.08. The van der Waals surface area contributed by atoms with E-state index < -0.39 is 12.2 Å². The largest absolute Gasteiger partial charge is 0.398 e. The fraction of sp³-hybridized carbons (Fsp3) is 0.286. The molecule has 0 bridgehead atoms. The van der Waals surface area contributed by atoms with Crippen molar-refractivity contribution in [2.24, 2.45) is 0 Å². The average Bonchev–Trinajstić information content (AvgIpc) is 2.39. The van der Waals surface area contributed by atoms with E-state index >= 15 is 0 Å². The minimum absolute atomic E-state index is 0.311. The maximum absolute atomic E-state index is 10.2. The first-order chi connectivity index (χ1) is 8.65. The third-order valence-electron chi connectivity index (χ3n) is 3.08. The zero-order chi connectivity index (χ0) is 13.1. The van der Waals surface area contributed by atoms with Crippen molar-refractivity contribution < 1.29 is 10.2 Å². The van der Waals surface area contributed by atoms with Gasteiger partial charge < -0.3 is 15.9 Å². The van der Waals surface area contributed by atoms with E-state index in [1.165, 1.54) is 0 Å². The van der Waals surface area contributed by atoms with Crippen molar-refractivity contribution in [3.05, 3.63) is 42.0 Å². The topological polar surface area (TPSA) is 66.5 Å². The lowest BCUT2D eigenvalue weighted by molar-refractivity contribution is 0.0179. The van der Waals surface area contributed by atoms with Gasteiger partial charge in [0.15, 0.2) is 0 Å². The summed E-state index contributed by atoms with van der Waals surface area (Å²) in [6.45, 7) is 0. The minimum Gasteiger partial charge on any atom is -0.398 e. The van der Waals surface area contributed by atoms with E-state index in [1.807, 2.05) is 24.3 Å². The van der Waals surface area contributed by atoms with Crippen molar-refractivity contribution in [2.75, 3.05) is 11.6 Å². The molecule has 0 spiro atoms. The molecule has 0 heterocycles. The summed E-state index contributed by atoms with van der Waals surface area (Å²) in [4.78, 5) is 0. The van der Waals surface area contributed by atoms with Gasteiger partial charge in [0.2, 0.25) is 0 Å². The van der Waals surface area contributed by atoms with Gasteiger partial charge in [-0.05, 0) is 23.4 Å².